The van der Waals surface area contributed by atoms with Crippen LogP contribution in [0.25, 0.3) is 0 Å². The Hall–Kier alpha value is -2.01. The number of carboxylic acids is 1. The first-order valence-electron chi connectivity index (χ1n) is 6.17. The number of aromatic carboxylic acids is 1. The van der Waals surface area contributed by atoms with Crippen LogP contribution in [0.5, 0.6) is 5.75 Å². The lowest BCUT2D eigenvalue weighted by molar-refractivity contribution is 0.0689. The van der Waals surface area contributed by atoms with Crippen molar-refractivity contribution < 1.29 is 14.6 Å². The summed E-state index contributed by atoms with van der Waals surface area (Å²) in [5.74, 6) is -0.375. The molecule has 0 unspecified atom stereocenters. The molecule has 0 saturated heterocycles. The molecule has 0 spiro atoms. The molecule has 0 aliphatic carbocycles. The van der Waals surface area contributed by atoms with E-state index in [-0.39, 0.29) is 18.3 Å². The van der Waals surface area contributed by atoms with Crippen molar-refractivity contribution in [2.24, 2.45) is 0 Å². The van der Waals surface area contributed by atoms with Gasteiger partial charge in [-0.2, -0.15) is 5.10 Å². The van der Waals surface area contributed by atoms with Gasteiger partial charge >= 0.3 is 5.97 Å². The monoisotopic (exact) mass is 294 g/mol. The van der Waals surface area contributed by atoms with E-state index in [1.807, 2.05) is 13.8 Å². The van der Waals surface area contributed by atoms with Crippen molar-refractivity contribution in [3.63, 3.8) is 0 Å². The van der Waals surface area contributed by atoms with Gasteiger partial charge in [0.15, 0.2) is 5.69 Å². The maximum absolute atomic E-state index is 11.0. The normalized spacial score (nSPS) is 10.8. The molecule has 0 atom stereocenters. The SMILES string of the molecule is CC(C)n1nc(C(=O)O)cc1COc1ccc(Cl)cc1. The molecule has 5 nitrogen and oxygen atoms in total. The zero-order valence-electron chi connectivity index (χ0n) is 11.2. The van der Waals surface area contributed by atoms with Crippen LogP contribution in [-0.4, -0.2) is 20.9 Å². The average Bonchev–Trinajstić information content (AvgIpc) is 2.82. The van der Waals surface area contributed by atoms with Crippen LogP contribution in [0, 0.1) is 0 Å². The van der Waals surface area contributed by atoms with Crippen LogP contribution in [0.4, 0.5) is 0 Å². The maximum atomic E-state index is 11.0. The van der Waals surface area contributed by atoms with Crippen LogP contribution in [0.3, 0.4) is 0 Å². The maximum Gasteiger partial charge on any atom is 0.356 e. The van der Waals surface area contributed by atoms with Crippen LogP contribution in [0.1, 0.15) is 36.1 Å². The molecule has 2 rings (SSSR count). The quantitative estimate of drug-likeness (QED) is 0.918. The lowest BCUT2D eigenvalue weighted by Crippen LogP contribution is -2.10. The summed E-state index contributed by atoms with van der Waals surface area (Å²) in [6, 6.07) is 8.58. The summed E-state index contributed by atoms with van der Waals surface area (Å²) in [6.07, 6.45) is 0. The first kappa shape index (κ1) is 14.4. The molecule has 0 aliphatic rings. The van der Waals surface area contributed by atoms with Gasteiger partial charge in [-0.1, -0.05) is 11.6 Å². The van der Waals surface area contributed by atoms with Crippen LogP contribution in [-0.2, 0) is 6.61 Å². The fourth-order valence-corrected chi connectivity index (χ4v) is 1.91. The molecule has 1 aromatic heterocycles. The highest BCUT2D eigenvalue weighted by molar-refractivity contribution is 6.30. The Morgan fingerprint density at radius 1 is 1.40 bits per heavy atom. The third-order valence-corrected chi connectivity index (χ3v) is 2.97. The Labute approximate surface area is 121 Å². The highest BCUT2D eigenvalue weighted by Gasteiger charge is 2.15. The van der Waals surface area contributed by atoms with E-state index in [4.69, 9.17) is 21.4 Å². The van der Waals surface area contributed by atoms with E-state index >= 15 is 0 Å². The number of carbonyl (C=O) groups is 1. The van der Waals surface area contributed by atoms with E-state index < -0.39 is 5.97 Å². The molecular formula is C14H15ClN2O3. The number of hydrogen-bond donors (Lipinski definition) is 1. The number of rotatable bonds is 5. The van der Waals surface area contributed by atoms with Crippen molar-refractivity contribution in [3.05, 3.63) is 46.7 Å². The fraction of sp³-hybridized carbons (Fsp3) is 0.286. The number of hydrogen-bond acceptors (Lipinski definition) is 3. The lowest BCUT2D eigenvalue weighted by Gasteiger charge is -2.11. The second-order valence-electron chi connectivity index (χ2n) is 4.61. The minimum absolute atomic E-state index is 0.0217. The number of ether oxygens (including phenoxy) is 1. The van der Waals surface area contributed by atoms with Crippen LogP contribution in [0.2, 0.25) is 5.02 Å². The van der Waals surface area contributed by atoms with Gasteiger partial charge in [-0.3, -0.25) is 4.68 Å². The summed E-state index contributed by atoms with van der Waals surface area (Å²) in [5, 5.41) is 13.7. The molecule has 6 heteroatoms. The van der Waals surface area contributed by atoms with E-state index in [0.29, 0.717) is 16.5 Å². The lowest BCUT2D eigenvalue weighted by atomic mass is 10.3. The van der Waals surface area contributed by atoms with Crippen molar-refractivity contribution in [3.8, 4) is 5.75 Å². The molecule has 20 heavy (non-hydrogen) atoms. The van der Waals surface area contributed by atoms with Gasteiger partial charge in [0.25, 0.3) is 0 Å². The van der Waals surface area contributed by atoms with Gasteiger partial charge in [0.05, 0.1) is 5.69 Å². The summed E-state index contributed by atoms with van der Waals surface area (Å²) in [7, 11) is 0. The Bertz CT molecular complexity index is 605. The smallest absolute Gasteiger partial charge is 0.356 e. The summed E-state index contributed by atoms with van der Waals surface area (Å²) >= 11 is 5.80. The van der Waals surface area contributed by atoms with Crippen LogP contribution >= 0.6 is 11.6 Å². The predicted octanol–water partition coefficient (Wildman–Crippen LogP) is 3.39. The van der Waals surface area contributed by atoms with E-state index in [9.17, 15) is 4.79 Å². The van der Waals surface area contributed by atoms with Gasteiger partial charge in [-0.05, 0) is 44.2 Å². The Balaban J connectivity index is 2.15. The summed E-state index contributed by atoms with van der Waals surface area (Å²) in [4.78, 5) is 11.0. The molecule has 0 radical (unpaired) electrons. The molecule has 0 amide bonds. The summed E-state index contributed by atoms with van der Waals surface area (Å²) in [5.41, 5.74) is 0.737. The molecule has 0 aliphatic heterocycles. The number of nitrogens with zero attached hydrogens (tertiary/aromatic N) is 2. The molecule has 1 N–H and O–H groups in total. The van der Waals surface area contributed by atoms with Gasteiger partial charge in [-0.15, -0.1) is 0 Å². The Morgan fingerprint density at radius 3 is 2.60 bits per heavy atom. The third-order valence-electron chi connectivity index (χ3n) is 2.72. The highest BCUT2D eigenvalue weighted by Crippen LogP contribution is 2.18. The molecule has 106 valence electrons. The van der Waals surface area contributed by atoms with Crippen molar-refractivity contribution in [2.45, 2.75) is 26.5 Å². The Morgan fingerprint density at radius 2 is 2.05 bits per heavy atom. The van der Waals surface area contributed by atoms with E-state index in [0.717, 1.165) is 0 Å². The topological polar surface area (TPSA) is 64.4 Å². The van der Waals surface area contributed by atoms with E-state index in [1.165, 1.54) is 6.07 Å². The van der Waals surface area contributed by atoms with E-state index in [1.54, 1.807) is 28.9 Å². The number of aromatic nitrogens is 2. The second kappa shape index (κ2) is 5.96. The van der Waals surface area contributed by atoms with Crippen molar-refractivity contribution in [1.82, 2.24) is 9.78 Å². The summed E-state index contributed by atoms with van der Waals surface area (Å²) in [6.45, 7) is 4.12. The molecular weight excluding hydrogens is 280 g/mol. The predicted molar refractivity (Wildman–Crippen MR) is 75.4 cm³/mol. The highest BCUT2D eigenvalue weighted by atomic mass is 35.5. The zero-order chi connectivity index (χ0) is 14.7. The first-order chi connectivity index (χ1) is 9.47. The molecule has 0 fully saturated rings. The third kappa shape index (κ3) is 3.30. The first-order valence-corrected chi connectivity index (χ1v) is 6.55. The fourth-order valence-electron chi connectivity index (χ4n) is 1.78. The zero-order valence-corrected chi connectivity index (χ0v) is 12.0. The molecule has 1 aromatic carbocycles. The van der Waals surface area contributed by atoms with Gasteiger partial charge in [-0.25, -0.2) is 4.79 Å². The number of carboxylic acid groups (broad SMARTS) is 1. The van der Waals surface area contributed by atoms with Crippen molar-refractivity contribution >= 4 is 17.6 Å². The minimum atomic E-state index is -1.04. The van der Waals surface area contributed by atoms with Gasteiger partial charge in [0.1, 0.15) is 12.4 Å². The van der Waals surface area contributed by atoms with Crippen molar-refractivity contribution in [1.29, 1.82) is 0 Å². The van der Waals surface area contributed by atoms with Gasteiger partial charge < -0.3 is 9.84 Å². The Kier molecular flexibility index (Phi) is 4.29. The average molecular weight is 295 g/mol. The second-order valence-corrected chi connectivity index (χ2v) is 5.04. The van der Waals surface area contributed by atoms with Crippen LogP contribution < -0.4 is 4.74 Å². The largest absolute Gasteiger partial charge is 0.487 e. The van der Waals surface area contributed by atoms with E-state index in [2.05, 4.69) is 5.10 Å². The van der Waals surface area contributed by atoms with Crippen molar-refractivity contribution in [2.75, 3.05) is 0 Å². The van der Waals surface area contributed by atoms with Crippen LogP contribution in [0.15, 0.2) is 30.3 Å². The summed E-state index contributed by atoms with van der Waals surface area (Å²) < 4.78 is 7.27. The van der Waals surface area contributed by atoms with Gasteiger partial charge in [0, 0.05) is 11.1 Å². The molecule has 0 saturated carbocycles. The minimum Gasteiger partial charge on any atom is -0.487 e. The molecule has 2 aromatic rings. The number of halogens is 1. The number of benzene rings is 1. The van der Waals surface area contributed by atoms with Gasteiger partial charge in [0.2, 0.25) is 0 Å². The molecule has 1 heterocycles. The standard InChI is InChI=1S/C14H15ClN2O3/c1-9(2)17-11(7-13(16-17)14(18)19)8-20-12-5-3-10(15)4-6-12/h3-7,9H,8H2,1-2H3,(H,18,19). The molecule has 0 bridgehead atoms.